The van der Waals surface area contributed by atoms with Crippen LogP contribution in [-0.2, 0) is 0 Å². The van der Waals surface area contributed by atoms with Gasteiger partial charge in [0.1, 0.15) is 12.4 Å². The van der Waals surface area contributed by atoms with Gasteiger partial charge in [0.25, 0.3) is 11.8 Å². The summed E-state index contributed by atoms with van der Waals surface area (Å²) in [6.07, 6.45) is 0. The SMILES string of the molecule is Nc1cccc(OCCN2C(=O)c3ccccc3C2=O)c1. The predicted molar refractivity (Wildman–Crippen MR) is 78.2 cm³/mol. The van der Waals surface area contributed by atoms with E-state index in [0.717, 1.165) is 0 Å². The summed E-state index contributed by atoms with van der Waals surface area (Å²) in [4.78, 5) is 25.5. The number of amides is 2. The molecular formula is C16H14N2O3. The number of nitrogens with zero attached hydrogens (tertiary/aromatic N) is 1. The number of ether oxygens (including phenoxy) is 1. The Morgan fingerprint density at radius 3 is 2.24 bits per heavy atom. The van der Waals surface area contributed by atoms with E-state index in [2.05, 4.69) is 0 Å². The van der Waals surface area contributed by atoms with Crippen molar-refractivity contribution in [2.75, 3.05) is 18.9 Å². The molecule has 0 bridgehead atoms. The minimum atomic E-state index is -0.272. The fraction of sp³-hybridized carbons (Fsp3) is 0.125. The minimum absolute atomic E-state index is 0.209. The first-order valence-corrected chi connectivity index (χ1v) is 6.60. The van der Waals surface area contributed by atoms with Gasteiger partial charge in [-0.1, -0.05) is 18.2 Å². The van der Waals surface area contributed by atoms with Crippen LogP contribution in [0, 0.1) is 0 Å². The van der Waals surface area contributed by atoms with Crippen LogP contribution in [-0.4, -0.2) is 29.9 Å². The van der Waals surface area contributed by atoms with Crippen LogP contribution in [0.4, 0.5) is 5.69 Å². The van der Waals surface area contributed by atoms with Crippen molar-refractivity contribution >= 4 is 17.5 Å². The van der Waals surface area contributed by atoms with Gasteiger partial charge in [0, 0.05) is 11.8 Å². The molecule has 2 N–H and O–H groups in total. The van der Waals surface area contributed by atoms with E-state index in [-0.39, 0.29) is 25.0 Å². The molecule has 0 unspecified atom stereocenters. The maximum Gasteiger partial charge on any atom is 0.261 e. The van der Waals surface area contributed by atoms with Crippen molar-refractivity contribution in [3.8, 4) is 5.75 Å². The van der Waals surface area contributed by atoms with Gasteiger partial charge < -0.3 is 10.5 Å². The van der Waals surface area contributed by atoms with E-state index in [4.69, 9.17) is 10.5 Å². The summed E-state index contributed by atoms with van der Waals surface area (Å²) < 4.78 is 5.52. The van der Waals surface area contributed by atoms with Crippen molar-refractivity contribution < 1.29 is 14.3 Å². The number of imide groups is 1. The molecule has 5 nitrogen and oxygen atoms in total. The predicted octanol–water partition coefficient (Wildman–Crippen LogP) is 1.94. The first-order valence-electron chi connectivity index (χ1n) is 6.60. The topological polar surface area (TPSA) is 72.6 Å². The molecule has 0 atom stereocenters. The summed E-state index contributed by atoms with van der Waals surface area (Å²) in [5, 5.41) is 0. The molecule has 0 aliphatic carbocycles. The van der Waals surface area contributed by atoms with Crippen LogP contribution in [0.15, 0.2) is 48.5 Å². The highest BCUT2D eigenvalue weighted by molar-refractivity contribution is 6.21. The number of nitrogens with two attached hydrogens (primary N) is 1. The lowest BCUT2D eigenvalue weighted by Crippen LogP contribution is -2.33. The zero-order valence-corrected chi connectivity index (χ0v) is 11.3. The van der Waals surface area contributed by atoms with Gasteiger partial charge in [-0.3, -0.25) is 14.5 Å². The van der Waals surface area contributed by atoms with E-state index < -0.39 is 0 Å². The third kappa shape index (κ3) is 2.45. The van der Waals surface area contributed by atoms with Crippen LogP contribution in [0.3, 0.4) is 0 Å². The maximum atomic E-state index is 12.1. The number of hydrogen-bond donors (Lipinski definition) is 1. The molecule has 5 heteroatoms. The summed E-state index contributed by atoms with van der Waals surface area (Å²) in [7, 11) is 0. The Labute approximate surface area is 121 Å². The van der Waals surface area contributed by atoms with E-state index in [1.165, 1.54) is 4.90 Å². The van der Waals surface area contributed by atoms with Gasteiger partial charge >= 0.3 is 0 Å². The van der Waals surface area contributed by atoms with Crippen molar-refractivity contribution in [2.45, 2.75) is 0 Å². The number of anilines is 1. The number of carbonyl (C=O) groups excluding carboxylic acids is 2. The Morgan fingerprint density at radius 1 is 0.952 bits per heavy atom. The molecule has 0 spiro atoms. The van der Waals surface area contributed by atoms with Crippen LogP contribution >= 0.6 is 0 Å². The van der Waals surface area contributed by atoms with Crippen molar-refractivity contribution in [1.82, 2.24) is 4.90 Å². The van der Waals surface area contributed by atoms with Gasteiger partial charge in [-0.2, -0.15) is 0 Å². The van der Waals surface area contributed by atoms with E-state index in [1.807, 2.05) is 0 Å². The minimum Gasteiger partial charge on any atom is -0.492 e. The molecule has 0 radical (unpaired) electrons. The summed E-state index contributed by atoms with van der Waals surface area (Å²) in [5.41, 5.74) is 7.16. The van der Waals surface area contributed by atoms with Crippen LogP contribution in [0.2, 0.25) is 0 Å². The van der Waals surface area contributed by atoms with Gasteiger partial charge in [0.05, 0.1) is 17.7 Å². The Balaban J connectivity index is 1.65. The Morgan fingerprint density at radius 2 is 1.62 bits per heavy atom. The molecule has 1 heterocycles. The first kappa shape index (κ1) is 13.2. The summed E-state index contributed by atoms with van der Waals surface area (Å²) in [6.45, 7) is 0.441. The highest BCUT2D eigenvalue weighted by Crippen LogP contribution is 2.22. The largest absolute Gasteiger partial charge is 0.492 e. The molecule has 0 fully saturated rings. The van der Waals surface area contributed by atoms with Crippen molar-refractivity contribution in [3.05, 3.63) is 59.7 Å². The quantitative estimate of drug-likeness (QED) is 0.687. The summed E-state index contributed by atoms with van der Waals surface area (Å²) >= 11 is 0. The second kappa shape index (κ2) is 5.28. The standard InChI is InChI=1S/C16H14N2O3/c17-11-4-3-5-12(10-11)21-9-8-18-15(19)13-6-1-2-7-14(13)16(18)20/h1-7,10H,8-9,17H2. The van der Waals surface area contributed by atoms with Gasteiger partial charge in [0.2, 0.25) is 0 Å². The Hall–Kier alpha value is -2.82. The molecule has 0 aromatic heterocycles. The second-order valence-electron chi connectivity index (χ2n) is 4.73. The normalized spacial score (nSPS) is 13.4. The highest BCUT2D eigenvalue weighted by Gasteiger charge is 2.34. The number of benzene rings is 2. The van der Waals surface area contributed by atoms with E-state index in [1.54, 1.807) is 48.5 Å². The lowest BCUT2D eigenvalue weighted by atomic mass is 10.1. The third-order valence-electron chi connectivity index (χ3n) is 3.32. The number of carbonyl (C=O) groups is 2. The zero-order chi connectivity index (χ0) is 14.8. The average molecular weight is 282 g/mol. The first-order chi connectivity index (χ1) is 10.2. The van der Waals surface area contributed by atoms with Gasteiger partial charge in [-0.05, 0) is 24.3 Å². The number of rotatable bonds is 4. The van der Waals surface area contributed by atoms with Crippen molar-refractivity contribution in [2.24, 2.45) is 0 Å². The van der Waals surface area contributed by atoms with Crippen molar-refractivity contribution in [3.63, 3.8) is 0 Å². The molecule has 21 heavy (non-hydrogen) atoms. The smallest absolute Gasteiger partial charge is 0.261 e. The molecule has 3 rings (SSSR count). The Kier molecular flexibility index (Phi) is 3.31. The van der Waals surface area contributed by atoms with Crippen molar-refractivity contribution in [1.29, 1.82) is 0 Å². The van der Waals surface area contributed by atoms with E-state index in [9.17, 15) is 9.59 Å². The maximum absolute atomic E-state index is 12.1. The average Bonchev–Trinajstić information content (AvgIpc) is 2.73. The molecule has 0 saturated heterocycles. The Bertz CT molecular complexity index is 677. The van der Waals surface area contributed by atoms with Crippen LogP contribution in [0.1, 0.15) is 20.7 Å². The number of fused-ring (bicyclic) bond motifs is 1. The molecular weight excluding hydrogens is 268 g/mol. The second-order valence-corrected chi connectivity index (χ2v) is 4.73. The zero-order valence-electron chi connectivity index (χ0n) is 11.3. The summed E-state index contributed by atoms with van der Waals surface area (Å²) in [5.74, 6) is 0.0742. The monoisotopic (exact) mass is 282 g/mol. The lowest BCUT2D eigenvalue weighted by molar-refractivity contribution is 0.0631. The fourth-order valence-electron chi connectivity index (χ4n) is 2.30. The summed E-state index contributed by atoms with van der Waals surface area (Å²) in [6, 6.07) is 13.8. The number of nitrogen functional groups attached to an aromatic ring is 1. The van der Waals surface area contributed by atoms with Gasteiger partial charge in [-0.25, -0.2) is 0 Å². The van der Waals surface area contributed by atoms with E-state index >= 15 is 0 Å². The van der Waals surface area contributed by atoms with Crippen LogP contribution < -0.4 is 10.5 Å². The number of hydrogen-bond acceptors (Lipinski definition) is 4. The lowest BCUT2D eigenvalue weighted by Gasteiger charge is -2.14. The molecule has 2 amide bonds. The third-order valence-corrected chi connectivity index (χ3v) is 3.32. The van der Waals surface area contributed by atoms with Gasteiger partial charge in [-0.15, -0.1) is 0 Å². The molecule has 1 aliphatic heterocycles. The van der Waals surface area contributed by atoms with Gasteiger partial charge in [0.15, 0.2) is 0 Å². The highest BCUT2D eigenvalue weighted by atomic mass is 16.5. The molecule has 1 aliphatic rings. The van der Waals surface area contributed by atoms with Crippen LogP contribution in [0.25, 0.3) is 0 Å². The molecule has 2 aromatic carbocycles. The molecule has 106 valence electrons. The van der Waals surface area contributed by atoms with E-state index in [0.29, 0.717) is 22.6 Å². The molecule has 0 saturated carbocycles. The fourth-order valence-corrected chi connectivity index (χ4v) is 2.30. The molecule has 2 aromatic rings. The van der Waals surface area contributed by atoms with Crippen LogP contribution in [0.5, 0.6) is 5.75 Å².